The highest BCUT2D eigenvalue weighted by Gasteiger charge is 2.19. The molecule has 0 spiro atoms. The van der Waals surface area contributed by atoms with Gasteiger partial charge in [-0.05, 0) is 55.5 Å². The van der Waals surface area contributed by atoms with Crippen molar-refractivity contribution >= 4 is 23.5 Å². The lowest BCUT2D eigenvalue weighted by molar-refractivity contribution is -0.129. The zero-order valence-corrected chi connectivity index (χ0v) is 15.0. The highest BCUT2D eigenvalue weighted by atomic mass is 16.5. The smallest absolute Gasteiger partial charge is 0.338 e. The van der Waals surface area contributed by atoms with E-state index in [-0.39, 0.29) is 17.9 Å². The van der Waals surface area contributed by atoms with E-state index < -0.39 is 23.9 Å². The Morgan fingerprint density at radius 2 is 1.71 bits per heavy atom. The molecule has 1 atom stereocenters. The Kier molecular flexibility index (Phi) is 5.91. The topological polar surface area (TPSA) is 111 Å². The molecule has 0 aliphatic carbocycles. The number of hydrogen-bond acceptors (Lipinski definition) is 6. The third-order valence-corrected chi connectivity index (χ3v) is 3.79. The first kappa shape index (κ1) is 19.0. The van der Waals surface area contributed by atoms with Gasteiger partial charge >= 0.3 is 5.97 Å². The second kappa shape index (κ2) is 8.72. The second-order valence-corrected chi connectivity index (χ2v) is 5.85. The first-order valence-electron chi connectivity index (χ1n) is 8.49. The molecule has 0 aliphatic rings. The minimum absolute atomic E-state index is 0.179. The molecule has 3 aromatic rings. The summed E-state index contributed by atoms with van der Waals surface area (Å²) in [6, 6.07) is 12.7. The van der Waals surface area contributed by atoms with Gasteiger partial charge in [-0.1, -0.05) is 0 Å². The largest absolute Gasteiger partial charge is 0.467 e. The predicted octanol–water partition coefficient (Wildman–Crippen LogP) is 2.99. The lowest BCUT2D eigenvalue weighted by Crippen LogP contribution is -2.35. The van der Waals surface area contributed by atoms with Crippen molar-refractivity contribution in [3.05, 3.63) is 78.1 Å². The molecule has 8 heteroatoms. The van der Waals surface area contributed by atoms with Gasteiger partial charge in [-0.2, -0.15) is 0 Å². The molecule has 0 fully saturated rings. The van der Waals surface area contributed by atoms with Gasteiger partial charge in [-0.25, -0.2) is 4.79 Å². The molecule has 2 N–H and O–H groups in total. The fourth-order valence-electron chi connectivity index (χ4n) is 2.30. The normalized spacial score (nSPS) is 11.5. The van der Waals surface area contributed by atoms with Gasteiger partial charge in [0.2, 0.25) is 0 Å². The van der Waals surface area contributed by atoms with Gasteiger partial charge in [0.25, 0.3) is 11.8 Å². The van der Waals surface area contributed by atoms with Crippen LogP contribution in [0, 0.1) is 0 Å². The van der Waals surface area contributed by atoms with Crippen molar-refractivity contribution in [2.45, 2.75) is 19.6 Å². The zero-order valence-electron chi connectivity index (χ0n) is 15.0. The van der Waals surface area contributed by atoms with E-state index >= 15 is 0 Å². The Balaban J connectivity index is 1.50. The van der Waals surface area contributed by atoms with E-state index in [0.29, 0.717) is 11.4 Å². The highest BCUT2D eigenvalue weighted by molar-refractivity contribution is 6.02. The molecule has 0 saturated heterocycles. The van der Waals surface area contributed by atoms with E-state index in [1.165, 1.54) is 31.6 Å². The lowest BCUT2D eigenvalue weighted by atomic mass is 10.2. The molecular formula is C20H18N2O6. The predicted molar refractivity (Wildman–Crippen MR) is 98.5 cm³/mol. The molecule has 3 rings (SSSR count). The summed E-state index contributed by atoms with van der Waals surface area (Å²) in [7, 11) is 0. The standard InChI is InChI=1S/C20H18N2O6/c1-13(18(23)21-12-16-4-2-10-26-16)28-20(25)14-6-8-15(9-7-14)22-19(24)17-5-3-11-27-17/h2-11,13H,12H2,1H3,(H,21,23)(H,22,24)/t13-/m0/s1. The van der Waals surface area contributed by atoms with Crippen LogP contribution in [0.25, 0.3) is 0 Å². The summed E-state index contributed by atoms with van der Waals surface area (Å²) in [4.78, 5) is 36.1. The third kappa shape index (κ3) is 4.88. The van der Waals surface area contributed by atoms with Crippen LogP contribution in [0.1, 0.15) is 33.6 Å². The molecule has 8 nitrogen and oxygen atoms in total. The van der Waals surface area contributed by atoms with Gasteiger partial charge in [0, 0.05) is 5.69 Å². The maximum atomic E-state index is 12.2. The minimum Gasteiger partial charge on any atom is -0.467 e. The number of esters is 1. The number of nitrogens with one attached hydrogen (secondary N) is 2. The number of carbonyl (C=O) groups excluding carboxylic acids is 3. The first-order valence-corrected chi connectivity index (χ1v) is 8.49. The minimum atomic E-state index is -0.971. The van der Waals surface area contributed by atoms with Crippen molar-refractivity contribution in [3.8, 4) is 0 Å². The van der Waals surface area contributed by atoms with Gasteiger partial charge in [0.05, 0.1) is 24.6 Å². The van der Waals surface area contributed by atoms with Crippen molar-refractivity contribution in [2.75, 3.05) is 5.32 Å². The summed E-state index contributed by atoms with van der Waals surface area (Å²) in [5.74, 6) is -0.712. The van der Waals surface area contributed by atoms with Gasteiger partial charge in [0.15, 0.2) is 11.9 Å². The van der Waals surface area contributed by atoms with Crippen LogP contribution in [0.4, 0.5) is 5.69 Å². The molecule has 0 saturated carbocycles. The number of ether oxygens (including phenoxy) is 1. The van der Waals surface area contributed by atoms with Crippen LogP contribution in [0.5, 0.6) is 0 Å². The average Bonchev–Trinajstić information content (AvgIpc) is 3.40. The maximum Gasteiger partial charge on any atom is 0.338 e. The summed E-state index contributed by atoms with van der Waals surface area (Å²) < 4.78 is 15.3. The van der Waals surface area contributed by atoms with E-state index in [9.17, 15) is 14.4 Å². The third-order valence-electron chi connectivity index (χ3n) is 3.79. The SMILES string of the molecule is C[C@H](OC(=O)c1ccc(NC(=O)c2ccco2)cc1)C(=O)NCc1ccco1. The van der Waals surface area contributed by atoms with E-state index in [1.807, 2.05) is 0 Å². The van der Waals surface area contributed by atoms with Gasteiger partial charge in [-0.15, -0.1) is 0 Å². The Labute approximate surface area is 160 Å². The Hall–Kier alpha value is -3.81. The van der Waals surface area contributed by atoms with E-state index in [1.54, 1.807) is 36.4 Å². The van der Waals surface area contributed by atoms with Crippen LogP contribution in [-0.2, 0) is 16.1 Å². The van der Waals surface area contributed by atoms with Crippen LogP contribution in [-0.4, -0.2) is 23.9 Å². The molecule has 144 valence electrons. The summed E-state index contributed by atoms with van der Waals surface area (Å²) in [6.45, 7) is 1.69. The summed E-state index contributed by atoms with van der Waals surface area (Å²) in [6.07, 6.45) is 1.94. The van der Waals surface area contributed by atoms with Gasteiger partial charge in [0.1, 0.15) is 5.76 Å². The van der Waals surface area contributed by atoms with E-state index in [2.05, 4.69) is 10.6 Å². The number of rotatable bonds is 7. The summed E-state index contributed by atoms with van der Waals surface area (Å²) in [5.41, 5.74) is 0.740. The number of amides is 2. The van der Waals surface area contributed by atoms with Crippen molar-refractivity contribution in [2.24, 2.45) is 0 Å². The van der Waals surface area contributed by atoms with Crippen LogP contribution < -0.4 is 10.6 Å². The van der Waals surface area contributed by atoms with Crippen LogP contribution in [0.2, 0.25) is 0 Å². The quantitative estimate of drug-likeness (QED) is 0.608. The molecule has 28 heavy (non-hydrogen) atoms. The van der Waals surface area contributed by atoms with Gasteiger partial charge < -0.3 is 24.2 Å². The number of hydrogen-bond donors (Lipinski definition) is 2. The zero-order chi connectivity index (χ0) is 19.9. The number of carbonyl (C=O) groups is 3. The average molecular weight is 382 g/mol. The van der Waals surface area contributed by atoms with E-state index in [0.717, 1.165) is 0 Å². The van der Waals surface area contributed by atoms with Crippen molar-refractivity contribution < 1.29 is 28.0 Å². The Morgan fingerprint density at radius 3 is 2.36 bits per heavy atom. The van der Waals surface area contributed by atoms with E-state index in [4.69, 9.17) is 13.6 Å². The Morgan fingerprint density at radius 1 is 1.00 bits per heavy atom. The molecule has 2 heterocycles. The fourth-order valence-corrected chi connectivity index (χ4v) is 2.30. The summed E-state index contributed by atoms with van der Waals surface area (Å²) in [5, 5.41) is 5.26. The number of anilines is 1. The molecular weight excluding hydrogens is 364 g/mol. The Bertz CT molecular complexity index is 930. The first-order chi connectivity index (χ1) is 13.5. The molecule has 2 amide bonds. The molecule has 0 radical (unpaired) electrons. The number of benzene rings is 1. The van der Waals surface area contributed by atoms with Crippen molar-refractivity contribution in [1.82, 2.24) is 5.32 Å². The highest BCUT2D eigenvalue weighted by Crippen LogP contribution is 2.13. The fraction of sp³-hybridized carbons (Fsp3) is 0.150. The van der Waals surface area contributed by atoms with Crippen LogP contribution >= 0.6 is 0 Å². The summed E-state index contributed by atoms with van der Waals surface area (Å²) >= 11 is 0. The molecule has 2 aromatic heterocycles. The molecule has 0 bridgehead atoms. The lowest BCUT2D eigenvalue weighted by Gasteiger charge is -2.13. The molecule has 0 aliphatic heterocycles. The van der Waals surface area contributed by atoms with Crippen molar-refractivity contribution in [3.63, 3.8) is 0 Å². The van der Waals surface area contributed by atoms with Crippen LogP contribution in [0.3, 0.4) is 0 Å². The molecule has 1 aromatic carbocycles. The van der Waals surface area contributed by atoms with Gasteiger partial charge in [-0.3, -0.25) is 9.59 Å². The molecule has 0 unspecified atom stereocenters. The monoisotopic (exact) mass is 382 g/mol. The number of furan rings is 2. The van der Waals surface area contributed by atoms with Crippen molar-refractivity contribution in [1.29, 1.82) is 0 Å². The van der Waals surface area contributed by atoms with Crippen LogP contribution in [0.15, 0.2) is 69.9 Å². The maximum absolute atomic E-state index is 12.2. The second-order valence-electron chi connectivity index (χ2n) is 5.85.